The molecule has 0 saturated carbocycles. The summed E-state index contributed by atoms with van der Waals surface area (Å²) >= 11 is 5.31. The molecule has 0 aliphatic carbocycles. The molecule has 0 spiro atoms. The monoisotopic (exact) mass is 326 g/mol. The smallest absolute Gasteiger partial charge is 0.429 e. The van der Waals surface area contributed by atoms with E-state index in [0.717, 1.165) is 0 Å². The molecule has 1 nitrogen and oxygen atoms in total. The third kappa shape index (κ3) is 3.41. The van der Waals surface area contributed by atoms with Crippen LogP contribution in [0.3, 0.4) is 0 Å². The molecular weight excluding hydrogens is 322 g/mol. The third-order valence-corrected chi connectivity index (χ3v) is 2.60. The Labute approximate surface area is 119 Å². The first kappa shape index (κ1) is 15.5. The molecule has 112 valence electrons. The van der Waals surface area contributed by atoms with Crippen LogP contribution in [-0.4, -0.2) is 0 Å². The minimum atomic E-state index is -4.49. The number of benzene rings is 2. The summed E-state index contributed by atoms with van der Waals surface area (Å²) in [6.45, 7) is 0. The van der Waals surface area contributed by atoms with Crippen molar-refractivity contribution in [3.05, 3.63) is 64.2 Å². The van der Waals surface area contributed by atoms with E-state index in [1.165, 1.54) is 0 Å². The number of hydrogen-bond acceptors (Lipinski definition) is 1. The Hall–Kier alpha value is -1.89. The predicted molar refractivity (Wildman–Crippen MR) is 62.2 cm³/mol. The predicted octanol–water partition coefficient (Wildman–Crippen LogP) is 5.02. The van der Waals surface area contributed by atoms with Gasteiger partial charge in [0.1, 0.15) is 34.6 Å². The third-order valence-electron chi connectivity index (χ3n) is 2.38. The molecule has 21 heavy (non-hydrogen) atoms. The molecule has 0 saturated heterocycles. The van der Waals surface area contributed by atoms with Gasteiger partial charge in [-0.3, -0.25) is 0 Å². The van der Waals surface area contributed by atoms with Crippen LogP contribution < -0.4 is 4.74 Å². The van der Waals surface area contributed by atoms with Crippen LogP contribution in [0.1, 0.15) is 5.56 Å². The van der Waals surface area contributed by atoms with E-state index in [-0.39, 0.29) is 0 Å². The summed E-state index contributed by atoms with van der Waals surface area (Å²) in [4.78, 5) is 0. The first-order chi connectivity index (χ1) is 9.69. The van der Waals surface area contributed by atoms with Gasteiger partial charge < -0.3 is 4.74 Å². The highest BCUT2D eigenvalue weighted by Crippen LogP contribution is 2.36. The highest BCUT2D eigenvalue weighted by molar-refractivity contribution is 6.30. The lowest BCUT2D eigenvalue weighted by atomic mass is 10.2. The van der Waals surface area contributed by atoms with E-state index in [1.807, 2.05) is 0 Å². The van der Waals surface area contributed by atoms with Gasteiger partial charge in [-0.15, -0.1) is 0 Å². The standard InChI is InChI=1S/C13H5ClF6O/c14-6-1-10(17)12(11(18)2-6)13(19,20)21-9-4-7(15)3-8(16)5-9/h1-5H. The van der Waals surface area contributed by atoms with Crippen LogP contribution in [0.2, 0.25) is 5.02 Å². The quantitative estimate of drug-likeness (QED) is 0.719. The Morgan fingerprint density at radius 2 is 1.29 bits per heavy atom. The Kier molecular flexibility index (Phi) is 4.04. The molecule has 0 atom stereocenters. The van der Waals surface area contributed by atoms with Gasteiger partial charge in [0.15, 0.2) is 0 Å². The fraction of sp³-hybridized carbons (Fsp3) is 0.0769. The highest BCUT2D eigenvalue weighted by atomic mass is 35.5. The van der Waals surface area contributed by atoms with Gasteiger partial charge >= 0.3 is 6.11 Å². The average Bonchev–Trinajstić information content (AvgIpc) is 2.23. The maximum atomic E-state index is 13.8. The Balaban J connectivity index is 2.42. The van der Waals surface area contributed by atoms with Crippen LogP contribution in [0.15, 0.2) is 30.3 Å². The van der Waals surface area contributed by atoms with Crippen molar-refractivity contribution in [2.24, 2.45) is 0 Å². The van der Waals surface area contributed by atoms with Gasteiger partial charge in [0.05, 0.1) is 0 Å². The van der Waals surface area contributed by atoms with E-state index < -0.39 is 45.7 Å². The normalized spacial score (nSPS) is 11.6. The number of alkyl halides is 2. The first-order valence-corrected chi connectivity index (χ1v) is 5.75. The largest absolute Gasteiger partial charge is 0.432 e. The van der Waals surface area contributed by atoms with Crippen molar-refractivity contribution in [1.82, 2.24) is 0 Å². The lowest BCUT2D eigenvalue weighted by molar-refractivity contribution is -0.189. The number of halogens is 7. The summed E-state index contributed by atoms with van der Waals surface area (Å²) in [5.74, 6) is -6.59. The van der Waals surface area contributed by atoms with E-state index in [2.05, 4.69) is 4.74 Å². The summed E-state index contributed by atoms with van der Waals surface area (Å²) in [7, 11) is 0. The molecule has 2 aromatic rings. The molecule has 8 heteroatoms. The summed E-state index contributed by atoms with van der Waals surface area (Å²) < 4.78 is 84.2. The van der Waals surface area contributed by atoms with Crippen molar-refractivity contribution >= 4 is 11.6 Å². The molecule has 0 fully saturated rings. The van der Waals surface area contributed by atoms with Crippen molar-refractivity contribution in [3.63, 3.8) is 0 Å². The highest BCUT2D eigenvalue weighted by Gasteiger charge is 2.41. The van der Waals surface area contributed by atoms with Gasteiger partial charge in [-0.1, -0.05) is 11.6 Å². The Morgan fingerprint density at radius 3 is 1.76 bits per heavy atom. The summed E-state index contributed by atoms with van der Waals surface area (Å²) in [5, 5.41) is -0.429. The number of ether oxygens (including phenoxy) is 1. The van der Waals surface area contributed by atoms with Gasteiger partial charge in [-0.2, -0.15) is 8.78 Å². The molecule has 0 heterocycles. The van der Waals surface area contributed by atoms with Crippen LogP contribution in [0, 0.1) is 23.3 Å². The average molecular weight is 327 g/mol. The molecule has 2 rings (SSSR count). The SMILES string of the molecule is Fc1cc(F)cc(OC(F)(F)c2c(F)cc(Cl)cc2F)c1. The Bertz CT molecular complexity index is 645. The molecule has 0 aliphatic rings. The fourth-order valence-electron chi connectivity index (χ4n) is 1.61. The molecular formula is C13H5ClF6O. The molecule has 0 unspecified atom stereocenters. The van der Waals surface area contributed by atoms with E-state index in [4.69, 9.17) is 11.6 Å². The van der Waals surface area contributed by atoms with E-state index >= 15 is 0 Å². The fourth-order valence-corrected chi connectivity index (χ4v) is 1.80. The van der Waals surface area contributed by atoms with Gasteiger partial charge in [0.2, 0.25) is 0 Å². The van der Waals surface area contributed by atoms with Gasteiger partial charge in [0.25, 0.3) is 0 Å². The van der Waals surface area contributed by atoms with E-state index in [1.54, 1.807) is 0 Å². The van der Waals surface area contributed by atoms with E-state index in [0.29, 0.717) is 30.3 Å². The minimum Gasteiger partial charge on any atom is -0.429 e. The molecule has 0 aliphatic heterocycles. The molecule has 0 aromatic heterocycles. The maximum absolute atomic E-state index is 13.8. The van der Waals surface area contributed by atoms with Crippen LogP contribution in [0.4, 0.5) is 26.3 Å². The minimum absolute atomic E-state index is 0.425. The zero-order valence-corrected chi connectivity index (χ0v) is 10.7. The lowest BCUT2D eigenvalue weighted by Crippen LogP contribution is -2.25. The van der Waals surface area contributed by atoms with Gasteiger partial charge in [-0.05, 0) is 12.1 Å². The second-order valence-electron chi connectivity index (χ2n) is 3.97. The van der Waals surface area contributed by atoms with Crippen molar-refractivity contribution in [2.45, 2.75) is 6.11 Å². The van der Waals surface area contributed by atoms with Crippen molar-refractivity contribution in [2.75, 3.05) is 0 Å². The topological polar surface area (TPSA) is 9.23 Å². The van der Waals surface area contributed by atoms with Crippen LogP contribution >= 0.6 is 11.6 Å². The lowest BCUT2D eigenvalue weighted by Gasteiger charge is -2.19. The molecule has 0 amide bonds. The number of hydrogen-bond donors (Lipinski definition) is 0. The second-order valence-corrected chi connectivity index (χ2v) is 4.40. The molecule has 2 aromatic carbocycles. The van der Waals surface area contributed by atoms with Crippen LogP contribution in [0.25, 0.3) is 0 Å². The zero-order valence-electron chi connectivity index (χ0n) is 9.94. The zero-order chi connectivity index (χ0) is 15.8. The number of rotatable bonds is 3. The summed E-state index contributed by atoms with van der Waals surface area (Å²) in [6.07, 6.45) is -4.49. The van der Waals surface area contributed by atoms with Crippen molar-refractivity contribution in [3.8, 4) is 5.75 Å². The maximum Gasteiger partial charge on any atom is 0.432 e. The van der Waals surface area contributed by atoms with Crippen LogP contribution in [-0.2, 0) is 6.11 Å². The Morgan fingerprint density at radius 1 is 0.810 bits per heavy atom. The van der Waals surface area contributed by atoms with Gasteiger partial charge in [-0.25, -0.2) is 17.6 Å². The second kappa shape index (κ2) is 5.48. The molecule has 0 bridgehead atoms. The summed E-state index contributed by atoms with van der Waals surface area (Å²) in [5.41, 5.74) is -1.71. The van der Waals surface area contributed by atoms with Crippen molar-refractivity contribution in [1.29, 1.82) is 0 Å². The first-order valence-electron chi connectivity index (χ1n) is 5.37. The van der Waals surface area contributed by atoms with Crippen LogP contribution in [0.5, 0.6) is 5.75 Å². The molecule has 0 N–H and O–H groups in total. The van der Waals surface area contributed by atoms with E-state index in [9.17, 15) is 26.3 Å². The summed E-state index contributed by atoms with van der Waals surface area (Å²) in [6, 6.07) is 2.24. The molecule has 0 radical (unpaired) electrons. The van der Waals surface area contributed by atoms with Crippen molar-refractivity contribution < 1.29 is 31.1 Å². The van der Waals surface area contributed by atoms with Gasteiger partial charge in [0, 0.05) is 23.2 Å².